The summed E-state index contributed by atoms with van der Waals surface area (Å²) in [6.07, 6.45) is 5.03. The zero-order valence-electron chi connectivity index (χ0n) is 22.4. The van der Waals surface area contributed by atoms with Crippen LogP contribution in [0.25, 0.3) is 0 Å². The summed E-state index contributed by atoms with van der Waals surface area (Å²) in [5.74, 6) is 0.120. The van der Waals surface area contributed by atoms with Crippen molar-refractivity contribution in [2.75, 3.05) is 17.2 Å². The van der Waals surface area contributed by atoms with Gasteiger partial charge in [0.1, 0.15) is 0 Å². The number of benzene rings is 3. The van der Waals surface area contributed by atoms with E-state index in [0.717, 1.165) is 29.2 Å². The van der Waals surface area contributed by atoms with Crippen LogP contribution in [0, 0.1) is 18.8 Å². The molecule has 39 heavy (non-hydrogen) atoms. The van der Waals surface area contributed by atoms with Gasteiger partial charge in [0.25, 0.3) is 5.91 Å². The molecule has 0 radical (unpaired) electrons. The van der Waals surface area contributed by atoms with Gasteiger partial charge in [0.05, 0.1) is 12.0 Å². The first-order valence-corrected chi connectivity index (χ1v) is 14.5. The monoisotopic (exact) mass is 563 g/mol. The summed E-state index contributed by atoms with van der Waals surface area (Å²) in [5.41, 5.74) is 4.18. The second kappa shape index (κ2) is 12.0. The molecule has 3 aromatic carbocycles. The molecule has 4 atom stereocenters. The van der Waals surface area contributed by atoms with E-state index >= 15 is 0 Å². The summed E-state index contributed by atoms with van der Waals surface area (Å²) in [7, 11) is 0. The maximum absolute atomic E-state index is 13.8. The normalized spacial score (nSPS) is 22.9. The molecule has 0 aromatic heterocycles. The summed E-state index contributed by atoms with van der Waals surface area (Å²) in [6.45, 7) is 4.80. The summed E-state index contributed by atoms with van der Waals surface area (Å²) < 4.78 is 0. The SMILES string of the molecule is Cc1ccc(NC(=O)[C@H]2CCCN(C(=O)c3ccc(Cl)cc3)[C@H]2c2ccc(NC3CC[C@@H](C)C3)cc2)cc1Cl. The lowest BCUT2D eigenvalue weighted by molar-refractivity contribution is -0.123. The number of hydrogen-bond acceptors (Lipinski definition) is 3. The maximum atomic E-state index is 13.8. The van der Waals surface area contributed by atoms with Crippen molar-refractivity contribution in [2.45, 2.75) is 58.0 Å². The highest BCUT2D eigenvalue weighted by Crippen LogP contribution is 2.39. The molecular weight excluding hydrogens is 529 g/mol. The Morgan fingerprint density at radius 2 is 1.62 bits per heavy atom. The zero-order valence-corrected chi connectivity index (χ0v) is 23.9. The predicted molar refractivity (Wildman–Crippen MR) is 160 cm³/mol. The first-order chi connectivity index (χ1) is 18.8. The smallest absolute Gasteiger partial charge is 0.254 e. The first kappa shape index (κ1) is 27.5. The minimum Gasteiger partial charge on any atom is -0.382 e. The van der Waals surface area contributed by atoms with Crippen LogP contribution in [0.2, 0.25) is 10.0 Å². The number of rotatable bonds is 6. The van der Waals surface area contributed by atoms with Gasteiger partial charge in [-0.2, -0.15) is 0 Å². The van der Waals surface area contributed by atoms with Gasteiger partial charge in [-0.05, 0) is 105 Å². The van der Waals surface area contributed by atoms with Crippen LogP contribution in [0.5, 0.6) is 0 Å². The van der Waals surface area contributed by atoms with Crippen LogP contribution in [-0.2, 0) is 4.79 Å². The van der Waals surface area contributed by atoms with E-state index in [1.54, 1.807) is 30.3 Å². The van der Waals surface area contributed by atoms with Crippen LogP contribution >= 0.6 is 23.2 Å². The molecule has 1 saturated heterocycles. The van der Waals surface area contributed by atoms with Crippen LogP contribution in [0.1, 0.15) is 66.6 Å². The standard InChI is InChI=1S/C32H35Cl2N3O2/c1-20-5-13-26(18-20)35-25-15-9-22(10-16-25)30-28(31(38)36-27-14-6-21(2)29(34)19-27)4-3-17-37(30)32(39)23-7-11-24(33)12-8-23/h6-12,14-16,19-20,26,28,30,35H,3-5,13,17-18H2,1-2H3,(H,36,38)/t20-,26?,28+,30+/m1/s1. The maximum Gasteiger partial charge on any atom is 0.254 e. The minimum atomic E-state index is -0.412. The third-order valence-corrected chi connectivity index (χ3v) is 8.74. The highest BCUT2D eigenvalue weighted by atomic mass is 35.5. The van der Waals surface area contributed by atoms with Crippen molar-refractivity contribution in [1.82, 2.24) is 4.90 Å². The summed E-state index contributed by atoms with van der Waals surface area (Å²) in [5, 5.41) is 7.90. The number of carbonyl (C=O) groups is 2. The molecule has 204 valence electrons. The molecule has 7 heteroatoms. The highest BCUT2D eigenvalue weighted by Gasteiger charge is 2.39. The van der Waals surface area contributed by atoms with Crippen LogP contribution in [-0.4, -0.2) is 29.3 Å². The number of amides is 2. The molecule has 0 bridgehead atoms. The Kier molecular flexibility index (Phi) is 8.49. The molecule has 1 aliphatic heterocycles. The van der Waals surface area contributed by atoms with Gasteiger partial charge in [-0.25, -0.2) is 0 Å². The number of nitrogens with one attached hydrogen (secondary N) is 2. The van der Waals surface area contributed by atoms with Gasteiger partial charge >= 0.3 is 0 Å². The Balaban J connectivity index is 1.43. The van der Waals surface area contributed by atoms with E-state index in [0.29, 0.717) is 40.3 Å². The van der Waals surface area contributed by atoms with Crippen LogP contribution in [0.3, 0.4) is 0 Å². The Bertz CT molecular complexity index is 1330. The second-order valence-corrected chi connectivity index (χ2v) is 11.9. The fraction of sp³-hybridized carbons (Fsp3) is 0.375. The molecule has 2 fully saturated rings. The Labute approximate surface area is 240 Å². The number of piperidine rings is 1. The van der Waals surface area contributed by atoms with Gasteiger partial charge < -0.3 is 15.5 Å². The predicted octanol–water partition coefficient (Wildman–Crippen LogP) is 8.13. The Morgan fingerprint density at radius 3 is 2.28 bits per heavy atom. The Hall–Kier alpha value is -3.02. The van der Waals surface area contributed by atoms with Gasteiger partial charge in [0.2, 0.25) is 5.91 Å². The van der Waals surface area contributed by atoms with Crippen LogP contribution < -0.4 is 10.6 Å². The van der Waals surface area contributed by atoms with Gasteiger partial charge in [-0.3, -0.25) is 9.59 Å². The third-order valence-electron chi connectivity index (χ3n) is 8.08. The molecule has 1 saturated carbocycles. The number of aryl methyl sites for hydroxylation is 1. The molecule has 1 aliphatic carbocycles. The average Bonchev–Trinajstić information content (AvgIpc) is 3.35. The molecule has 2 N–H and O–H groups in total. The topological polar surface area (TPSA) is 61.4 Å². The van der Waals surface area contributed by atoms with Crippen molar-refractivity contribution in [3.63, 3.8) is 0 Å². The highest BCUT2D eigenvalue weighted by molar-refractivity contribution is 6.31. The molecule has 2 amide bonds. The van der Waals surface area contributed by atoms with Crippen molar-refractivity contribution in [3.8, 4) is 0 Å². The quantitative estimate of drug-likeness (QED) is 0.318. The molecule has 1 unspecified atom stereocenters. The molecule has 3 aromatic rings. The van der Waals surface area contributed by atoms with E-state index in [4.69, 9.17) is 23.2 Å². The summed E-state index contributed by atoms with van der Waals surface area (Å²) >= 11 is 12.4. The van der Waals surface area contributed by atoms with E-state index in [1.165, 1.54) is 19.3 Å². The largest absolute Gasteiger partial charge is 0.382 e. The van der Waals surface area contributed by atoms with E-state index in [1.807, 2.05) is 24.0 Å². The van der Waals surface area contributed by atoms with Crippen molar-refractivity contribution < 1.29 is 9.59 Å². The van der Waals surface area contributed by atoms with Crippen LogP contribution in [0.15, 0.2) is 66.7 Å². The van der Waals surface area contributed by atoms with Crippen molar-refractivity contribution in [3.05, 3.63) is 93.5 Å². The Morgan fingerprint density at radius 1 is 0.897 bits per heavy atom. The average molecular weight is 565 g/mol. The van der Waals surface area contributed by atoms with Gasteiger partial charge in [0.15, 0.2) is 0 Å². The van der Waals surface area contributed by atoms with E-state index in [9.17, 15) is 9.59 Å². The third kappa shape index (κ3) is 6.42. The number of hydrogen-bond donors (Lipinski definition) is 2. The molecule has 5 nitrogen and oxygen atoms in total. The van der Waals surface area contributed by atoms with E-state index in [-0.39, 0.29) is 11.8 Å². The zero-order chi connectivity index (χ0) is 27.5. The van der Waals surface area contributed by atoms with E-state index in [2.05, 4.69) is 41.8 Å². The number of likely N-dealkylation sites (tertiary alicyclic amines) is 1. The lowest BCUT2D eigenvalue weighted by atomic mass is 9.83. The first-order valence-electron chi connectivity index (χ1n) is 13.8. The molecule has 0 spiro atoms. The number of nitrogens with zero attached hydrogens (tertiary/aromatic N) is 1. The van der Waals surface area contributed by atoms with Crippen molar-refractivity contribution in [1.29, 1.82) is 0 Å². The number of anilines is 2. The molecule has 5 rings (SSSR count). The lowest BCUT2D eigenvalue weighted by Crippen LogP contribution is -2.46. The van der Waals surface area contributed by atoms with Crippen molar-refractivity contribution >= 4 is 46.4 Å². The fourth-order valence-corrected chi connectivity index (χ4v) is 6.23. The second-order valence-electron chi connectivity index (χ2n) is 11.0. The van der Waals surface area contributed by atoms with Gasteiger partial charge in [-0.15, -0.1) is 0 Å². The minimum absolute atomic E-state index is 0.102. The molecular formula is C32H35Cl2N3O2. The lowest BCUT2D eigenvalue weighted by Gasteiger charge is -2.41. The van der Waals surface area contributed by atoms with Gasteiger partial charge in [0, 0.05) is 39.6 Å². The molecule has 1 heterocycles. The number of carbonyl (C=O) groups excluding carboxylic acids is 2. The van der Waals surface area contributed by atoms with Crippen LogP contribution in [0.4, 0.5) is 11.4 Å². The summed E-state index contributed by atoms with van der Waals surface area (Å²) in [4.78, 5) is 29.3. The van der Waals surface area contributed by atoms with Gasteiger partial charge in [-0.1, -0.05) is 48.3 Å². The van der Waals surface area contributed by atoms with E-state index < -0.39 is 12.0 Å². The summed E-state index contributed by atoms with van der Waals surface area (Å²) in [6, 6.07) is 20.8. The van der Waals surface area contributed by atoms with Crippen molar-refractivity contribution in [2.24, 2.45) is 11.8 Å². The molecule has 2 aliphatic rings. The fourth-order valence-electron chi connectivity index (χ4n) is 5.92. The number of halogens is 2.